The summed E-state index contributed by atoms with van der Waals surface area (Å²) in [6.07, 6.45) is 15.2. The van der Waals surface area contributed by atoms with Gasteiger partial charge in [0, 0.05) is 12.2 Å². The summed E-state index contributed by atoms with van der Waals surface area (Å²) in [7, 11) is 0. The van der Waals surface area contributed by atoms with Crippen LogP contribution in [0, 0.1) is 0 Å². The molecule has 0 radical (unpaired) electrons. The van der Waals surface area contributed by atoms with Crippen molar-refractivity contribution in [3.8, 4) is 0 Å². The predicted octanol–water partition coefficient (Wildman–Crippen LogP) is 3.12. The molecular formula is C21H21N4O+. The number of hydrogen-bond donors (Lipinski definition) is 1. The maximum absolute atomic E-state index is 6.72. The lowest BCUT2D eigenvalue weighted by Gasteiger charge is -2.26. The van der Waals surface area contributed by atoms with E-state index in [1.54, 1.807) is 6.20 Å². The van der Waals surface area contributed by atoms with Crippen molar-refractivity contribution < 1.29 is 9.33 Å². The fourth-order valence-corrected chi connectivity index (χ4v) is 3.80. The molecule has 0 saturated carbocycles. The Bertz CT molecular complexity index is 927. The standard InChI is InChI=1S/C21H21N4O/c22-25-11-10-23-14-19(25)20(16-3-1-4-16)24-21(25)17-8-6-15(7-9-17)13-18-5-2-12-26-18/h1,3-4,6-11,14,18H,2,5,12-13,22H2/q+1. The van der Waals surface area contributed by atoms with Crippen LogP contribution in [0.1, 0.15) is 24.0 Å². The zero-order chi connectivity index (χ0) is 17.6. The molecule has 2 N–H and O–H groups in total. The third-order valence-electron chi connectivity index (χ3n) is 5.32. The summed E-state index contributed by atoms with van der Waals surface area (Å²) in [6.45, 7) is 0.891. The Morgan fingerprint density at radius 3 is 2.77 bits per heavy atom. The molecule has 0 amide bonds. The van der Waals surface area contributed by atoms with Gasteiger partial charge in [0.25, 0.3) is 5.84 Å². The first-order valence-electron chi connectivity index (χ1n) is 9.06. The molecule has 5 nitrogen and oxygen atoms in total. The van der Waals surface area contributed by atoms with E-state index in [1.807, 2.05) is 18.5 Å². The van der Waals surface area contributed by atoms with Crippen molar-refractivity contribution in [3.05, 3.63) is 83.0 Å². The van der Waals surface area contributed by atoms with Gasteiger partial charge >= 0.3 is 0 Å². The largest absolute Gasteiger partial charge is 0.378 e. The number of ether oxygens (including phenoxy) is 1. The Morgan fingerprint density at radius 1 is 1.23 bits per heavy atom. The monoisotopic (exact) mass is 345 g/mol. The van der Waals surface area contributed by atoms with Crippen LogP contribution in [0.3, 0.4) is 0 Å². The number of amidine groups is 1. The Morgan fingerprint density at radius 2 is 2.08 bits per heavy atom. The Labute approximate surface area is 152 Å². The van der Waals surface area contributed by atoms with Crippen molar-refractivity contribution in [3.63, 3.8) is 0 Å². The first-order valence-corrected chi connectivity index (χ1v) is 9.06. The average molecular weight is 345 g/mol. The molecule has 130 valence electrons. The van der Waals surface area contributed by atoms with Crippen molar-refractivity contribution in [1.29, 1.82) is 0 Å². The van der Waals surface area contributed by atoms with Crippen molar-refractivity contribution in [2.45, 2.75) is 25.4 Å². The lowest BCUT2D eigenvalue weighted by Crippen LogP contribution is -2.53. The highest BCUT2D eigenvalue weighted by molar-refractivity contribution is 6.01. The Kier molecular flexibility index (Phi) is 3.60. The van der Waals surface area contributed by atoms with Gasteiger partial charge in [0.15, 0.2) is 0 Å². The highest BCUT2D eigenvalue weighted by Crippen LogP contribution is 2.36. The van der Waals surface area contributed by atoms with Gasteiger partial charge in [0.05, 0.1) is 24.1 Å². The van der Waals surface area contributed by atoms with Gasteiger partial charge in [-0.15, -0.1) is 4.59 Å². The van der Waals surface area contributed by atoms with E-state index in [-0.39, 0.29) is 4.59 Å². The number of nitrogens with two attached hydrogens (primary N) is 1. The summed E-state index contributed by atoms with van der Waals surface area (Å²) in [6, 6.07) is 8.55. The zero-order valence-corrected chi connectivity index (χ0v) is 14.5. The number of aliphatic imine (C=N–C) groups is 2. The second-order valence-corrected chi connectivity index (χ2v) is 7.04. The van der Waals surface area contributed by atoms with Gasteiger partial charge < -0.3 is 4.74 Å². The third kappa shape index (κ3) is 2.44. The Balaban J connectivity index is 1.46. The summed E-state index contributed by atoms with van der Waals surface area (Å²) in [5.74, 6) is 7.54. The molecular weight excluding hydrogens is 324 g/mol. The first kappa shape index (κ1) is 15.6. The van der Waals surface area contributed by atoms with Crippen LogP contribution >= 0.6 is 0 Å². The molecule has 26 heavy (non-hydrogen) atoms. The summed E-state index contributed by atoms with van der Waals surface area (Å²) < 4.78 is 5.81. The zero-order valence-electron chi connectivity index (χ0n) is 14.5. The quantitative estimate of drug-likeness (QED) is 0.673. The van der Waals surface area contributed by atoms with Crippen LogP contribution in [0.2, 0.25) is 0 Å². The molecule has 1 aromatic carbocycles. The smallest absolute Gasteiger partial charge is 0.265 e. The molecule has 5 heteroatoms. The molecule has 1 aromatic rings. The summed E-state index contributed by atoms with van der Waals surface area (Å²) in [5, 5.41) is 0. The van der Waals surface area contributed by atoms with E-state index in [0.717, 1.165) is 47.8 Å². The number of hydrogen-bond acceptors (Lipinski definition) is 4. The highest BCUT2D eigenvalue weighted by Gasteiger charge is 2.44. The van der Waals surface area contributed by atoms with E-state index < -0.39 is 0 Å². The van der Waals surface area contributed by atoms with Crippen LogP contribution in [0.25, 0.3) is 0 Å². The lowest BCUT2D eigenvalue weighted by molar-refractivity contribution is -0.750. The van der Waals surface area contributed by atoms with E-state index >= 15 is 0 Å². The molecule has 3 heterocycles. The van der Waals surface area contributed by atoms with Crippen LogP contribution < -0.4 is 5.84 Å². The first-order chi connectivity index (χ1) is 12.7. The van der Waals surface area contributed by atoms with E-state index in [4.69, 9.17) is 15.6 Å². The number of rotatable bonds is 4. The SMILES string of the molecule is N[N+]12C=CN=CC1=C(C1=CC=C1)N=C2c1ccc(CC2CCCO2)cc1. The van der Waals surface area contributed by atoms with E-state index in [2.05, 4.69) is 41.4 Å². The van der Waals surface area contributed by atoms with E-state index in [1.165, 1.54) is 12.0 Å². The maximum Gasteiger partial charge on any atom is 0.265 e. The highest BCUT2D eigenvalue weighted by atomic mass is 16.5. The fourth-order valence-electron chi connectivity index (χ4n) is 3.80. The summed E-state index contributed by atoms with van der Waals surface area (Å²) in [4.78, 5) is 9.14. The van der Waals surface area contributed by atoms with Gasteiger partial charge in [-0.05, 0) is 37.0 Å². The van der Waals surface area contributed by atoms with Gasteiger partial charge in [-0.25, -0.2) is 0 Å². The molecule has 0 spiro atoms. The van der Waals surface area contributed by atoms with Gasteiger partial charge in [0.1, 0.15) is 11.9 Å². The third-order valence-corrected chi connectivity index (χ3v) is 5.32. The molecule has 0 bridgehead atoms. The molecule has 5 rings (SSSR count). The maximum atomic E-state index is 6.72. The van der Waals surface area contributed by atoms with Gasteiger partial charge in [-0.3, -0.25) is 4.99 Å². The number of benzene rings is 1. The normalized spacial score (nSPS) is 28.9. The van der Waals surface area contributed by atoms with Gasteiger partial charge in [0.2, 0.25) is 5.70 Å². The second kappa shape index (κ2) is 5.99. The van der Waals surface area contributed by atoms with E-state index in [0.29, 0.717) is 6.10 Å². The minimum absolute atomic E-state index is 0.0646. The van der Waals surface area contributed by atoms with Crippen LogP contribution in [-0.2, 0) is 11.2 Å². The van der Waals surface area contributed by atoms with Crippen LogP contribution in [0.5, 0.6) is 0 Å². The minimum atomic E-state index is 0.0646. The van der Waals surface area contributed by atoms with Crippen molar-refractivity contribution >= 4 is 12.1 Å². The number of fused-ring (bicyclic) bond motifs is 1. The fraction of sp³-hybridized carbons (Fsp3) is 0.238. The predicted molar refractivity (Wildman–Crippen MR) is 102 cm³/mol. The van der Waals surface area contributed by atoms with E-state index in [9.17, 15) is 0 Å². The van der Waals surface area contributed by atoms with Crippen LogP contribution in [0.15, 0.2) is 81.8 Å². The number of nitrogens with zero attached hydrogens (tertiary/aromatic N) is 3. The molecule has 1 saturated heterocycles. The molecule has 3 aliphatic heterocycles. The lowest BCUT2D eigenvalue weighted by atomic mass is 10.0. The van der Waals surface area contributed by atoms with Gasteiger partial charge in [-0.1, -0.05) is 30.4 Å². The van der Waals surface area contributed by atoms with Gasteiger partial charge in [-0.2, -0.15) is 10.8 Å². The molecule has 1 fully saturated rings. The van der Waals surface area contributed by atoms with Crippen LogP contribution in [-0.4, -0.2) is 29.4 Å². The summed E-state index contributed by atoms with van der Waals surface area (Å²) in [5.41, 5.74) is 5.22. The number of allylic oxidation sites excluding steroid dienone is 4. The molecule has 0 aromatic heterocycles. The topological polar surface area (TPSA) is 60.0 Å². The molecule has 2 atom stereocenters. The van der Waals surface area contributed by atoms with Crippen molar-refractivity contribution in [2.24, 2.45) is 15.8 Å². The summed E-state index contributed by atoms with van der Waals surface area (Å²) >= 11 is 0. The molecule has 4 aliphatic rings. The molecule has 2 unspecified atom stereocenters. The second-order valence-electron chi connectivity index (χ2n) is 7.04. The molecule has 1 aliphatic carbocycles. The van der Waals surface area contributed by atoms with Crippen LogP contribution in [0.4, 0.5) is 0 Å². The van der Waals surface area contributed by atoms with Crippen molar-refractivity contribution in [2.75, 3.05) is 6.61 Å². The average Bonchev–Trinajstić information content (AvgIpc) is 3.21. The number of quaternary nitrogens is 1. The minimum Gasteiger partial charge on any atom is -0.378 e. The Hall–Kier alpha value is -2.60. The van der Waals surface area contributed by atoms with Crippen molar-refractivity contribution in [1.82, 2.24) is 0 Å².